The molecule has 0 spiro atoms. The number of rotatable bonds is 8. The van der Waals surface area contributed by atoms with Crippen LogP contribution < -0.4 is 15.4 Å². The fraction of sp³-hybridized carbons (Fsp3) is 0.471. The SMILES string of the molecule is CC(C)Cc1nc2c(cnn2[C@@H]2CCN(C3(C)COC3)C[C@H]2C)c(-c2ccc3c(c2)OCC(=O)N3Cc2ncc(Cl)cn2)c1C(N)=O. The van der Waals surface area contributed by atoms with Crippen LogP contribution in [-0.4, -0.2) is 79.9 Å². The first-order valence-electron chi connectivity index (χ1n) is 16.1. The van der Waals surface area contributed by atoms with Crippen molar-refractivity contribution in [2.75, 3.05) is 37.8 Å². The van der Waals surface area contributed by atoms with Crippen LogP contribution in [0.25, 0.3) is 22.2 Å². The second-order valence-corrected chi connectivity index (χ2v) is 14.1. The van der Waals surface area contributed by atoms with E-state index in [0.29, 0.717) is 51.4 Å². The van der Waals surface area contributed by atoms with Gasteiger partial charge in [-0.3, -0.25) is 19.4 Å². The highest BCUT2D eigenvalue weighted by Gasteiger charge is 2.43. The molecule has 2 amide bonds. The van der Waals surface area contributed by atoms with Crippen LogP contribution in [0.3, 0.4) is 0 Å². The maximum Gasteiger partial charge on any atom is 0.265 e. The number of primary amides is 1. The molecule has 0 radical (unpaired) electrons. The number of benzene rings is 1. The van der Waals surface area contributed by atoms with Crippen LogP contribution in [-0.2, 0) is 22.5 Å². The minimum atomic E-state index is -0.550. The highest BCUT2D eigenvalue weighted by molar-refractivity contribution is 6.30. The van der Waals surface area contributed by atoms with Crippen molar-refractivity contribution in [3.63, 3.8) is 0 Å². The Labute approximate surface area is 278 Å². The number of ether oxygens (including phenoxy) is 2. The molecular formula is C34H39ClN8O4. The number of carbonyl (C=O) groups excluding carboxylic acids is 2. The maximum atomic E-state index is 13.2. The van der Waals surface area contributed by atoms with Crippen molar-refractivity contribution < 1.29 is 19.1 Å². The molecule has 3 aliphatic rings. The Morgan fingerprint density at radius 2 is 1.96 bits per heavy atom. The van der Waals surface area contributed by atoms with Crippen molar-refractivity contribution in [3.8, 4) is 16.9 Å². The Bertz CT molecular complexity index is 1860. The van der Waals surface area contributed by atoms with E-state index in [4.69, 9.17) is 36.9 Å². The zero-order chi connectivity index (χ0) is 33.0. The van der Waals surface area contributed by atoms with Crippen molar-refractivity contribution in [1.29, 1.82) is 0 Å². The number of nitrogens with two attached hydrogens (primary N) is 1. The number of piperidine rings is 1. The van der Waals surface area contributed by atoms with Gasteiger partial charge in [-0.15, -0.1) is 0 Å². The van der Waals surface area contributed by atoms with Gasteiger partial charge >= 0.3 is 0 Å². The number of carbonyl (C=O) groups is 2. The molecule has 2 N–H and O–H groups in total. The average Bonchev–Trinajstić information content (AvgIpc) is 3.44. The first kappa shape index (κ1) is 31.5. The number of fused-ring (bicyclic) bond motifs is 2. The van der Waals surface area contributed by atoms with Gasteiger partial charge in [-0.25, -0.2) is 19.6 Å². The van der Waals surface area contributed by atoms with E-state index in [-0.39, 0.29) is 36.6 Å². The quantitative estimate of drug-likeness (QED) is 0.291. The largest absolute Gasteiger partial charge is 0.482 e. The molecule has 0 saturated carbocycles. The van der Waals surface area contributed by atoms with E-state index in [2.05, 4.69) is 47.2 Å². The van der Waals surface area contributed by atoms with Gasteiger partial charge in [-0.2, -0.15) is 5.10 Å². The first-order valence-corrected chi connectivity index (χ1v) is 16.5. The molecule has 0 aliphatic carbocycles. The van der Waals surface area contributed by atoms with Crippen LogP contribution in [0.5, 0.6) is 5.75 Å². The summed E-state index contributed by atoms with van der Waals surface area (Å²) >= 11 is 5.96. The van der Waals surface area contributed by atoms with E-state index in [1.165, 1.54) is 12.4 Å². The highest BCUT2D eigenvalue weighted by Crippen LogP contribution is 2.42. The molecule has 6 heterocycles. The number of aromatic nitrogens is 5. The third kappa shape index (κ3) is 5.72. The first-order chi connectivity index (χ1) is 22.5. The molecule has 4 aromatic rings. The van der Waals surface area contributed by atoms with Crippen molar-refractivity contribution in [2.24, 2.45) is 17.6 Å². The molecule has 2 saturated heterocycles. The number of hydrogen-bond donors (Lipinski definition) is 1. The average molecular weight is 659 g/mol. The van der Waals surface area contributed by atoms with E-state index in [0.717, 1.165) is 49.3 Å². The Morgan fingerprint density at radius 3 is 2.62 bits per heavy atom. The van der Waals surface area contributed by atoms with Crippen LogP contribution in [0.2, 0.25) is 5.02 Å². The standard InChI is InChI=1S/C34H39ClN8O4/c1-19(2)9-24-31(32(36)45)30(21-5-6-26-27(10-21)47-16-29(44)42(26)15-28-37-11-22(35)12-38-28)23-13-39-43(33(23)40-24)25-7-8-41(14-20(25)3)34(4)17-46-18-34/h5-6,10-13,19-20,25H,7-9,14-18H2,1-4H3,(H2,36,45)/t20-,25-/m1/s1. The lowest BCUT2D eigenvalue weighted by molar-refractivity contribution is -0.143. The second-order valence-electron chi connectivity index (χ2n) is 13.6. The topological polar surface area (TPSA) is 142 Å². The number of hydrogen-bond acceptors (Lipinski definition) is 9. The third-order valence-corrected chi connectivity index (χ3v) is 9.79. The molecular weight excluding hydrogens is 620 g/mol. The summed E-state index contributed by atoms with van der Waals surface area (Å²) in [4.78, 5) is 43.9. The second kappa shape index (κ2) is 12.1. The number of nitrogens with zero attached hydrogens (tertiary/aromatic N) is 7. The summed E-state index contributed by atoms with van der Waals surface area (Å²) in [5.41, 5.74) is 9.95. The molecule has 1 aromatic carbocycles. The van der Waals surface area contributed by atoms with Gasteiger partial charge in [0.2, 0.25) is 0 Å². The third-order valence-electron chi connectivity index (χ3n) is 9.59. The number of pyridine rings is 1. The summed E-state index contributed by atoms with van der Waals surface area (Å²) in [7, 11) is 0. The molecule has 3 aliphatic heterocycles. The van der Waals surface area contributed by atoms with E-state index in [9.17, 15) is 9.59 Å². The number of anilines is 1. The van der Waals surface area contributed by atoms with Crippen LogP contribution >= 0.6 is 11.6 Å². The van der Waals surface area contributed by atoms with Crippen LogP contribution in [0.4, 0.5) is 5.69 Å². The summed E-state index contributed by atoms with van der Waals surface area (Å²) in [6, 6.07) is 5.71. The highest BCUT2D eigenvalue weighted by atomic mass is 35.5. The van der Waals surface area contributed by atoms with Crippen LogP contribution in [0, 0.1) is 11.8 Å². The molecule has 2 atom stereocenters. The lowest BCUT2D eigenvalue weighted by atomic mass is 9.88. The van der Waals surface area contributed by atoms with Gasteiger partial charge in [0.05, 0.1) is 59.5 Å². The minimum Gasteiger partial charge on any atom is -0.482 e. The monoisotopic (exact) mass is 658 g/mol. The zero-order valence-corrected chi connectivity index (χ0v) is 27.8. The van der Waals surface area contributed by atoms with Gasteiger partial charge in [-0.1, -0.05) is 38.4 Å². The van der Waals surface area contributed by atoms with E-state index in [1.807, 2.05) is 18.2 Å². The molecule has 12 nitrogen and oxygen atoms in total. The smallest absolute Gasteiger partial charge is 0.265 e. The van der Waals surface area contributed by atoms with Gasteiger partial charge in [0.15, 0.2) is 12.3 Å². The predicted octanol–water partition coefficient (Wildman–Crippen LogP) is 4.44. The predicted molar refractivity (Wildman–Crippen MR) is 177 cm³/mol. The summed E-state index contributed by atoms with van der Waals surface area (Å²) in [5, 5.41) is 6.08. The van der Waals surface area contributed by atoms with Gasteiger partial charge in [0.1, 0.15) is 11.6 Å². The molecule has 246 valence electrons. The Hall–Kier alpha value is -4.13. The molecule has 13 heteroatoms. The lowest BCUT2D eigenvalue weighted by Gasteiger charge is -2.51. The molecule has 0 bridgehead atoms. The lowest BCUT2D eigenvalue weighted by Crippen LogP contribution is -2.63. The molecule has 2 fully saturated rings. The van der Waals surface area contributed by atoms with Crippen LogP contribution in [0.15, 0.2) is 36.8 Å². The van der Waals surface area contributed by atoms with Gasteiger partial charge < -0.3 is 15.2 Å². The minimum absolute atomic E-state index is 0.0915. The van der Waals surface area contributed by atoms with E-state index in [1.54, 1.807) is 11.1 Å². The molecule has 7 rings (SSSR count). The van der Waals surface area contributed by atoms with Crippen LogP contribution in [0.1, 0.15) is 62.0 Å². The van der Waals surface area contributed by atoms with Crippen molar-refractivity contribution in [2.45, 2.75) is 58.7 Å². The molecule has 0 unspecified atom stereocenters. The zero-order valence-electron chi connectivity index (χ0n) is 27.1. The summed E-state index contributed by atoms with van der Waals surface area (Å²) < 4.78 is 13.5. The number of amides is 2. The fourth-order valence-corrected chi connectivity index (χ4v) is 7.21. The Morgan fingerprint density at radius 1 is 1.19 bits per heavy atom. The van der Waals surface area contributed by atoms with Gasteiger partial charge in [-0.05, 0) is 49.3 Å². The van der Waals surface area contributed by atoms with Crippen molar-refractivity contribution >= 4 is 40.1 Å². The number of halogens is 1. The van der Waals surface area contributed by atoms with Gasteiger partial charge in [0.25, 0.3) is 11.8 Å². The Kier molecular flexibility index (Phi) is 8.13. The molecule has 47 heavy (non-hydrogen) atoms. The van der Waals surface area contributed by atoms with Crippen molar-refractivity contribution in [1.82, 2.24) is 29.6 Å². The molecule has 3 aromatic heterocycles. The van der Waals surface area contributed by atoms with Crippen molar-refractivity contribution in [3.05, 3.63) is 58.9 Å². The summed E-state index contributed by atoms with van der Waals surface area (Å²) in [6.45, 7) is 12.2. The fourth-order valence-electron chi connectivity index (χ4n) is 7.11. The summed E-state index contributed by atoms with van der Waals surface area (Å²) in [6.07, 6.45) is 6.30. The number of likely N-dealkylation sites (tertiary alicyclic amines) is 1. The van der Waals surface area contributed by atoms with E-state index < -0.39 is 5.91 Å². The van der Waals surface area contributed by atoms with Gasteiger partial charge in [0, 0.05) is 36.4 Å². The summed E-state index contributed by atoms with van der Waals surface area (Å²) in [5.74, 6) is 0.745. The Balaban J connectivity index is 1.31. The normalized spacial score (nSPS) is 21.1. The maximum absolute atomic E-state index is 13.2. The van der Waals surface area contributed by atoms with E-state index >= 15 is 0 Å².